The molecule has 1 heterocycles. The van der Waals surface area contributed by atoms with Crippen molar-refractivity contribution in [2.45, 2.75) is 19.4 Å². The highest BCUT2D eigenvalue weighted by Crippen LogP contribution is 2.26. The number of rotatable bonds is 6. The van der Waals surface area contributed by atoms with Gasteiger partial charge in [-0.2, -0.15) is 5.26 Å². The smallest absolute Gasteiger partial charge is 0.161 e. The maximum Gasteiger partial charge on any atom is 0.161 e. The summed E-state index contributed by atoms with van der Waals surface area (Å²) in [7, 11) is 0. The Morgan fingerprint density at radius 3 is 2.95 bits per heavy atom. The first kappa shape index (κ1) is 14.5. The molecule has 0 amide bonds. The second-order valence-corrected chi connectivity index (χ2v) is 5.13. The standard InChI is InChI=1S/C14H14BrFN4/c15-13-11(9-17)3-4-12(14(13)16)19-5-1-2-7-20-8-6-18-10-20/h3-4,6,8,10,19H,1-2,5,7H2. The van der Waals surface area contributed by atoms with Crippen LogP contribution >= 0.6 is 15.9 Å². The van der Waals surface area contributed by atoms with Gasteiger partial charge in [-0.3, -0.25) is 0 Å². The summed E-state index contributed by atoms with van der Waals surface area (Å²) < 4.78 is 16.1. The molecule has 0 radical (unpaired) electrons. The highest BCUT2D eigenvalue weighted by atomic mass is 79.9. The van der Waals surface area contributed by atoms with E-state index in [-0.39, 0.29) is 4.47 Å². The molecule has 0 atom stereocenters. The fraction of sp³-hybridized carbons (Fsp3) is 0.286. The van der Waals surface area contributed by atoms with E-state index in [9.17, 15) is 4.39 Å². The summed E-state index contributed by atoms with van der Waals surface area (Å²) in [6, 6.07) is 5.12. The van der Waals surface area contributed by atoms with E-state index in [1.807, 2.05) is 16.8 Å². The number of halogens is 2. The molecular weight excluding hydrogens is 323 g/mol. The van der Waals surface area contributed by atoms with Gasteiger partial charge in [0.2, 0.25) is 0 Å². The fourth-order valence-electron chi connectivity index (χ4n) is 1.83. The fourth-order valence-corrected chi connectivity index (χ4v) is 2.27. The number of nitrogens with one attached hydrogen (secondary N) is 1. The van der Waals surface area contributed by atoms with Gasteiger partial charge in [0.1, 0.15) is 6.07 Å². The van der Waals surface area contributed by atoms with E-state index in [1.165, 1.54) is 0 Å². The van der Waals surface area contributed by atoms with Crippen molar-refractivity contribution < 1.29 is 4.39 Å². The van der Waals surface area contributed by atoms with Crippen LogP contribution in [0.3, 0.4) is 0 Å². The molecule has 2 rings (SSSR count). The Bertz CT molecular complexity index is 604. The SMILES string of the molecule is N#Cc1ccc(NCCCCn2ccnc2)c(F)c1Br. The molecule has 0 aliphatic rings. The minimum Gasteiger partial charge on any atom is -0.383 e. The van der Waals surface area contributed by atoms with Crippen LogP contribution in [-0.2, 0) is 6.54 Å². The summed E-state index contributed by atoms with van der Waals surface area (Å²) in [5.41, 5.74) is 0.715. The van der Waals surface area contributed by atoms with Crippen LogP contribution in [-0.4, -0.2) is 16.1 Å². The van der Waals surface area contributed by atoms with E-state index in [2.05, 4.69) is 26.2 Å². The lowest BCUT2D eigenvalue weighted by Gasteiger charge is -2.09. The molecule has 0 aliphatic heterocycles. The van der Waals surface area contributed by atoms with Crippen molar-refractivity contribution in [3.05, 3.63) is 46.7 Å². The maximum atomic E-state index is 13.9. The molecule has 0 fully saturated rings. The molecule has 0 unspecified atom stereocenters. The van der Waals surface area contributed by atoms with Crippen LogP contribution in [0.2, 0.25) is 0 Å². The van der Waals surface area contributed by atoms with Crippen LogP contribution in [0.5, 0.6) is 0 Å². The highest BCUT2D eigenvalue weighted by Gasteiger charge is 2.10. The molecule has 1 aromatic heterocycles. The molecule has 104 valence electrons. The van der Waals surface area contributed by atoms with Gasteiger partial charge >= 0.3 is 0 Å². The number of benzene rings is 1. The Hall–Kier alpha value is -1.87. The first-order valence-electron chi connectivity index (χ1n) is 6.30. The van der Waals surface area contributed by atoms with Crippen molar-refractivity contribution in [3.63, 3.8) is 0 Å². The lowest BCUT2D eigenvalue weighted by molar-refractivity contribution is 0.610. The molecular formula is C14H14BrFN4. The van der Waals surface area contributed by atoms with Gasteiger partial charge in [0.25, 0.3) is 0 Å². The van der Waals surface area contributed by atoms with E-state index in [0.717, 1.165) is 19.4 Å². The summed E-state index contributed by atoms with van der Waals surface area (Å²) in [5, 5.41) is 11.8. The summed E-state index contributed by atoms with van der Waals surface area (Å²) in [6.45, 7) is 1.59. The van der Waals surface area contributed by atoms with Crippen molar-refractivity contribution in [1.29, 1.82) is 5.26 Å². The molecule has 4 nitrogen and oxygen atoms in total. The molecule has 0 aliphatic carbocycles. The highest BCUT2D eigenvalue weighted by molar-refractivity contribution is 9.10. The van der Waals surface area contributed by atoms with Gasteiger partial charge in [-0.05, 0) is 40.9 Å². The number of anilines is 1. The van der Waals surface area contributed by atoms with Gasteiger partial charge in [0.15, 0.2) is 5.82 Å². The predicted octanol–water partition coefficient (Wildman–Crippen LogP) is 3.55. The largest absolute Gasteiger partial charge is 0.383 e. The third-order valence-corrected chi connectivity index (χ3v) is 3.70. The van der Waals surface area contributed by atoms with E-state index in [4.69, 9.17) is 5.26 Å². The number of nitriles is 1. The third-order valence-electron chi connectivity index (χ3n) is 2.92. The Labute approximate surface area is 125 Å². The van der Waals surface area contributed by atoms with Crippen molar-refractivity contribution in [2.75, 3.05) is 11.9 Å². The number of aryl methyl sites for hydroxylation is 1. The van der Waals surface area contributed by atoms with Crippen molar-refractivity contribution >= 4 is 21.6 Å². The van der Waals surface area contributed by atoms with E-state index in [0.29, 0.717) is 17.8 Å². The van der Waals surface area contributed by atoms with Gasteiger partial charge in [-0.15, -0.1) is 0 Å². The van der Waals surface area contributed by atoms with E-state index >= 15 is 0 Å². The summed E-state index contributed by atoms with van der Waals surface area (Å²) in [6.07, 6.45) is 7.37. The van der Waals surface area contributed by atoms with Gasteiger partial charge in [0.05, 0.1) is 22.1 Å². The second kappa shape index (κ2) is 7.06. The zero-order valence-electron chi connectivity index (χ0n) is 10.8. The van der Waals surface area contributed by atoms with Crippen LogP contribution in [0, 0.1) is 17.1 Å². The Morgan fingerprint density at radius 2 is 2.25 bits per heavy atom. The molecule has 6 heteroatoms. The monoisotopic (exact) mass is 336 g/mol. The lowest BCUT2D eigenvalue weighted by Crippen LogP contribution is -2.05. The Morgan fingerprint density at radius 1 is 1.40 bits per heavy atom. The Kier molecular flexibility index (Phi) is 5.13. The van der Waals surface area contributed by atoms with Crippen molar-refractivity contribution in [3.8, 4) is 6.07 Å². The minimum atomic E-state index is -0.418. The maximum absolute atomic E-state index is 13.9. The van der Waals surface area contributed by atoms with Crippen molar-refractivity contribution in [2.24, 2.45) is 0 Å². The summed E-state index contributed by atoms with van der Waals surface area (Å²) >= 11 is 3.09. The van der Waals surface area contributed by atoms with E-state index in [1.54, 1.807) is 24.7 Å². The quantitative estimate of drug-likeness (QED) is 0.820. The van der Waals surface area contributed by atoms with Crippen LogP contribution in [0.25, 0.3) is 0 Å². The molecule has 1 aromatic carbocycles. The minimum absolute atomic E-state index is 0.211. The van der Waals surface area contributed by atoms with Gasteiger partial charge in [0, 0.05) is 25.5 Å². The first-order chi connectivity index (χ1) is 9.72. The predicted molar refractivity (Wildman–Crippen MR) is 78.8 cm³/mol. The molecule has 0 saturated carbocycles. The third kappa shape index (κ3) is 3.58. The van der Waals surface area contributed by atoms with E-state index < -0.39 is 5.82 Å². The number of hydrogen-bond donors (Lipinski definition) is 1. The zero-order valence-corrected chi connectivity index (χ0v) is 12.4. The number of unbranched alkanes of at least 4 members (excludes halogenated alkanes) is 1. The average molecular weight is 337 g/mol. The van der Waals surface area contributed by atoms with Crippen molar-refractivity contribution in [1.82, 2.24) is 9.55 Å². The molecule has 0 bridgehead atoms. The average Bonchev–Trinajstić information content (AvgIpc) is 2.96. The van der Waals surface area contributed by atoms with Crippen LogP contribution in [0.4, 0.5) is 10.1 Å². The Balaban J connectivity index is 1.80. The van der Waals surface area contributed by atoms with Gasteiger partial charge in [-0.1, -0.05) is 0 Å². The zero-order chi connectivity index (χ0) is 14.4. The lowest BCUT2D eigenvalue weighted by atomic mass is 10.2. The second-order valence-electron chi connectivity index (χ2n) is 4.33. The number of nitrogens with zero attached hydrogens (tertiary/aromatic N) is 3. The topological polar surface area (TPSA) is 53.6 Å². The number of imidazole rings is 1. The molecule has 0 spiro atoms. The number of aromatic nitrogens is 2. The van der Waals surface area contributed by atoms with Crippen LogP contribution in [0.15, 0.2) is 35.3 Å². The van der Waals surface area contributed by atoms with Gasteiger partial charge in [-0.25, -0.2) is 9.37 Å². The molecule has 20 heavy (non-hydrogen) atoms. The van der Waals surface area contributed by atoms with Crippen LogP contribution in [0.1, 0.15) is 18.4 Å². The molecule has 0 saturated heterocycles. The summed E-state index contributed by atoms with van der Waals surface area (Å²) in [5.74, 6) is -0.418. The van der Waals surface area contributed by atoms with Gasteiger partial charge < -0.3 is 9.88 Å². The summed E-state index contributed by atoms with van der Waals surface area (Å²) in [4.78, 5) is 3.97. The molecule has 1 N–H and O–H groups in total. The normalized spacial score (nSPS) is 10.2. The van der Waals surface area contributed by atoms with Crippen LogP contribution < -0.4 is 5.32 Å². The first-order valence-corrected chi connectivity index (χ1v) is 7.09. The molecule has 2 aromatic rings. The number of hydrogen-bond acceptors (Lipinski definition) is 3.